The number of rotatable bonds is 13. The van der Waals surface area contributed by atoms with Crippen LogP contribution < -0.4 is 16.0 Å². The van der Waals surface area contributed by atoms with Gasteiger partial charge in [-0.15, -0.1) is 11.6 Å². The quantitative estimate of drug-likeness (QED) is 0.150. The lowest BCUT2D eigenvalue weighted by atomic mass is 10.5. The van der Waals surface area contributed by atoms with Gasteiger partial charge in [-0.2, -0.15) is 0 Å². The highest BCUT2D eigenvalue weighted by molar-refractivity contribution is 14.1. The summed E-state index contributed by atoms with van der Waals surface area (Å²) in [6.07, 6.45) is 12.0. The van der Waals surface area contributed by atoms with Crippen molar-refractivity contribution >= 4 is 56.8 Å². The van der Waals surface area contributed by atoms with Crippen LogP contribution in [0, 0.1) is 0 Å². The summed E-state index contributed by atoms with van der Waals surface area (Å²) in [6, 6.07) is 0. The maximum Gasteiger partial charge on any atom is 0.0688 e. The van der Waals surface area contributed by atoms with Gasteiger partial charge in [0.15, 0.2) is 0 Å². The fraction of sp³-hybridized carbons (Fsp3) is 0.538. The summed E-state index contributed by atoms with van der Waals surface area (Å²) in [5, 5.41) is 9.79. The van der Waals surface area contributed by atoms with Gasteiger partial charge in [0.1, 0.15) is 0 Å². The summed E-state index contributed by atoms with van der Waals surface area (Å²) in [7, 11) is 0. The first-order chi connectivity index (χ1) is 9.85. The molecule has 0 aliphatic heterocycles. The number of hydrogen-bond acceptors (Lipinski definition) is 4. The predicted octanol–water partition coefficient (Wildman–Crippen LogP) is 2.62. The second kappa shape index (κ2) is 17.4. The molecule has 0 aromatic rings. The average molecular weight is 525 g/mol. The molecule has 0 amide bonds. The van der Waals surface area contributed by atoms with Gasteiger partial charge < -0.3 is 16.0 Å². The first kappa shape index (κ1) is 20.3. The topological polar surface area (TPSA) is 39.3 Å². The van der Waals surface area contributed by atoms with Crippen molar-refractivity contribution in [1.82, 2.24) is 20.9 Å². The van der Waals surface area contributed by atoms with Gasteiger partial charge in [0.25, 0.3) is 0 Å². The van der Waals surface area contributed by atoms with Gasteiger partial charge in [-0.1, -0.05) is 63.4 Å². The van der Waals surface area contributed by atoms with Gasteiger partial charge in [0.2, 0.25) is 0 Å². The molecule has 4 nitrogen and oxygen atoms in total. The van der Waals surface area contributed by atoms with Crippen molar-refractivity contribution in [1.29, 1.82) is 0 Å². The van der Waals surface area contributed by atoms with Gasteiger partial charge in [-0.3, -0.25) is 4.90 Å². The number of halogens is 3. The molecule has 0 saturated heterocycles. The third-order valence-electron chi connectivity index (χ3n) is 2.18. The maximum absolute atomic E-state index is 5.59. The Kier molecular flexibility index (Phi) is 17.7. The molecule has 20 heavy (non-hydrogen) atoms. The molecule has 0 rings (SSSR count). The summed E-state index contributed by atoms with van der Waals surface area (Å²) in [6.45, 7) is 3.48. The summed E-state index contributed by atoms with van der Waals surface area (Å²) >= 11 is 10.2. The highest BCUT2D eigenvalue weighted by Gasteiger charge is 2.00. The second-order valence-corrected chi connectivity index (χ2v) is 5.81. The summed E-state index contributed by atoms with van der Waals surface area (Å²) in [4.78, 5) is 2.28. The van der Waals surface area contributed by atoms with Crippen LogP contribution in [0.5, 0.6) is 0 Å². The van der Waals surface area contributed by atoms with Crippen LogP contribution in [0.1, 0.15) is 0 Å². The van der Waals surface area contributed by atoms with Crippen molar-refractivity contribution in [3.05, 3.63) is 36.8 Å². The molecule has 0 radical (unpaired) electrons. The SMILES string of the molecule is ClCC=CNCN(CCNC=CCI)CNC=CCI. The third-order valence-corrected chi connectivity index (χ3v) is 3.37. The van der Waals surface area contributed by atoms with Crippen molar-refractivity contribution in [2.75, 3.05) is 41.2 Å². The van der Waals surface area contributed by atoms with Gasteiger partial charge in [0.05, 0.1) is 13.3 Å². The average Bonchev–Trinajstić information content (AvgIpc) is 2.47. The number of alkyl halides is 3. The molecular weight excluding hydrogens is 501 g/mol. The van der Waals surface area contributed by atoms with E-state index < -0.39 is 0 Å². The van der Waals surface area contributed by atoms with Crippen molar-refractivity contribution in [2.45, 2.75) is 0 Å². The first-order valence-electron chi connectivity index (χ1n) is 6.40. The number of allylic oxidation sites excluding steroid dienone is 3. The highest BCUT2D eigenvalue weighted by atomic mass is 127. The minimum absolute atomic E-state index is 0.534. The summed E-state index contributed by atoms with van der Waals surface area (Å²) in [5.74, 6) is 0.534. The molecule has 0 unspecified atom stereocenters. The lowest BCUT2D eigenvalue weighted by Crippen LogP contribution is -2.40. The van der Waals surface area contributed by atoms with Gasteiger partial charge in [0, 0.05) is 27.8 Å². The smallest absolute Gasteiger partial charge is 0.0688 e. The van der Waals surface area contributed by atoms with Crippen LogP contribution in [0.4, 0.5) is 0 Å². The standard InChI is InChI=1S/C13H23ClI2N4/c14-4-1-7-18-12-20(13-19-9-3-6-16)11-10-17-8-2-5-15/h1-3,7-9,17-19H,4-6,10-13H2. The molecule has 3 N–H and O–H groups in total. The van der Waals surface area contributed by atoms with Crippen molar-refractivity contribution in [3.63, 3.8) is 0 Å². The van der Waals surface area contributed by atoms with Crippen LogP contribution in [-0.4, -0.2) is 46.1 Å². The molecular formula is C13H23ClI2N4. The Balaban J connectivity index is 3.93. The largest absolute Gasteiger partial charge is 0.390 e. The molecule has 0 heterocycles. The Hall–Kier alpha value is 0.330. The molecule has 7 heteroatoms. The molecule has 0 fully saturated rings. The lowest BCUT2D eigenvalue weighted by molar-refractivity contribution is 0.258. The van der Waals surface area contributed by atoms with E-state index in [-0.39, 0.29) is 0 Å². The van der Waals surface area contributed by atoms with Crippen LogP contribution in [0.25, 0.3) is 0 Å². The number of nitrogens with zero attached hydrogens (tertiary/aromatic N) is 1. The Morgan fingerprint density at radius 1 is 0.850 bits per heavy atom. The van der Waals surface area contributed by atoms with Crippen LogP contribution >= 0.6 is 56.8 Å². The van der Waals surface area contributed by atoms with Crippen molar-refractivity contribution < 1.29 is 0 Å². The molecule has 0 bridgehead atoms. The normalized spacial score (nSPS) is 12.0. The van der Waals surface area contributed by atoms with E-state index in [1.165, 1.54) is 0 Å². The summed E-state index contributed by atoms with van der Waals surface area (Å²) < 4.78 is 2.05. The zero-order valence-electron chi connectivity index (χ0n) is 11.5. The minimum Gasteiger partial charge on any atom is -0.390 e. The van der Waals surface area contributed by atoms with Gasteiger partial charge in [-0.25, -0.2) is 0 Å². The van der Waals surface area contributed by atoms with Crippen LogP contribution in [-0.2, 0) is 0 Å². The molecule has 0 aromatic heterocycles. The van der Waals surface area contributed by atoms with E-state index in [1.807, 2.05) is 24.7 Å². The fourth-order valence-corrected chi connectivity index (χ4v) is 1.86. The lowest BCUT2D eigenvalue weighted by Gasteiger charge is -2.22. The van der Waals surface area contributed by atoms with E-state index in [0.29, 0.717) is 5.88 Å². The Labute approximate surface area is 154 Å². The molecule has 0 spiro atoms. The monoisotopic (exact) mass is 524 g/mol. The van der Waals surface area contributed by atoms with E-state index in [2.05, 4.69) is 78.2 Å². The highest BCUT2D eigenvalue weighted by Crippen LogP contribution is 1.86. The van der Waals surface area contributed by atoms with E-state index in [1.54, 1.807) is 0 Å². The second-order valence-electron chi connectivity index (χ2n) is 3.74. The Morgan fingerprint density at radius 3 is 1.95 bits per heavy atom. The minimum atomic E-state index is 0.534. The van der Waals surface area contributed by atoms with E-state index in [9.17, 15) is 0 Å². The summed E-state index contributed by atoms with van der Waals surface area (Å²) in [5.41, 5.74) is 0. The zero-order chi connectivity index (χ0) is 14.9. The maximum atomic E-state index is 5.59. The number of hydrogen-bond donors (Lipinski definition) is 3. The first-order valence-corrected chi connectivity index (χ1v) is 9.99. The fourth-order valence-electron chi connectivity index (χ4n) is 1.27. The van der Waals surface area contributed by atoms with E-state index >= 15 is 0 Å². The molecule has 0 aliphatic carbocycles. The number of nitrogens with one attached hydrogen (secondary N) is 3. The Morgan fingerprint density at radius 2 is 1.40 bits per heavy atom. The zero-order valence-corrected chi connectivity index (χ0v) is 16.6. The third kappa shape index (κ3) is 14.7. The van der Waals surface area contributed by atoms with Crippen LogP contribution in [0.2, 0.25) is 0 Å². The molecule has 0 aromatic carbocycles. The molecule has 116 valence electrons. The van der Waals surface area contributed by atoms with Crippen LogP contribution in [0.3, 0.4) is 0 Å². The molecule has 0 saturated carbocycles. The van der Waals surface area contributed by atoms with Crippen molar-refractivity contribution in [3.8, 4) is 0 Å². The van der Waals surface area contributed by atoms with Crippen LogP contribution in [0.15, 0.2) is 36.8 Å². The van der Waals surface area contributed by atoms with E-state index in [0.717, 1.165) is 35.3 Å². The Bertz CT molecular complexity index is 268. The van der Waals surface area contributed by atoms with Gasteiger partial charge in [-0.05, 0) is 18.6 Å². The molecule has 0 aliphatic rings. The predicted molar refractivity (Wildman–Crippen MR) is 107 cm³/mol. The molecule has 0 atom stereocenters. The van der Waals surface area contributed by atoms with Crippen molar-refractivity contribution in [2.24, 2.45) is 0 Å². The van der Waals surface area contributed by atoms with E-state index in [4.69, 9.17) is 11.6 Å². The van der Waals surface area contributed by atoms with Gasteiger partial charge >= 0.3 is 0 Å².